The van der Waals surface area contributed by atoms with E-state index in [1.807, 2.05) is 25.1 Å². The number of hydrogen-bond acceptors (Lipinski definition) is 5. The van der Waals surface area contributed by atoms with Crippen LogP contribution in [0.25, 0.3) is 10.9 Å². The summed E-state index contributed by atoms with van der Waals surface area (Å²) in [6.07, 6.45) is 2.39. The molecule has 0 aliphatic rings. The minimum Gasteiger partial charge on any atom is -0.454 e. The van der Waals surface area contributed by atoms with Crippen molar-refractivity contribution >= 4 is 44.3 Å². The quantitative estimate of drug-likeness (QED) is 0.469. The molecule has 0 bridgehead atoms. The van der Waals surface area contributed by atoms with Crippen LogP contribution in [0.3, 0.4) is 0 Å². The molecule has 0 saturated carbocycles. The van der Waals surface area contributed by atoms with Crippen molar-refractivity contribution in [2.24, 2.45) is 5.14 Å². The molecule has 7 nitrogen and oxygen atoms in total. The number of esters is 1. The number of benzene rings is 2. The lowest BCUT2D eigenvalue weighted by Crippen LogP contribution is -2.16. The number of hydrogen-bond donors (Lipinski definition) is 2. The maximum absolute atomic E-state index is 12.5. The molecule has 1 heterocycles. The van der Waals surface area contributed by atoms with Crippen LogP contribution in [0.15, 0.2) is 47.5 Å². The number of nitrogens with one attached hydrogen (secondary N) is 1. The SMILES string of the molecule is CCc1cccc2c(C(=O)COC(=O)c3ccc(Cl)c(S(N)(=O)=O)c3)c[nH]c12. The van der Waals surface area contributed by atoms with Crippen LogP contribution in [0.5, 0.6) is 0 Å². The molecule has 9 heteroatoms. The highest BCUT2D eigenvalue weighted by atomic mass is 35.5. The molecule has 0 fully saturated rings. The molecule has 0 atom stereocenters. The van der Waals surface area contributed by atoms with Crippen LogP contribution >= 0.6 is 11.6 Å². The topological polar surface area (TPSA) is 119 Å². The average molecular weight is 421 g/mol. The Morgan fingerprint density at radius 2 is 1.96 bits per heavy atom. The van der Waals surface area contributed by atoms with Crippen LogP contribution in [-0.2, 0) is 21.2 Å². The van der Waals surface area contributed by atoms with E-state index in [0.29, 0.717) is 5.56 Å². The lowest BCUT2D eigenvalue weighted by molar-refractivity contribution is 0.0475. The monoisotopic (exact) mass is 420 g/mol. The number of nitrogens with two attached hydrogens (primary N) is 1. The van der Waals surface area contributed by atoms with Crippen LogP contribution in [-0.4, -0.2) is 31.8 Å². The molecule has 3 aromatic rings. The molecule has 1 aromatic heterocycles. The van der Waals surface area contributed by atoms with Gasteiger partial charge in [0.15, 0.2) is 6.61 Å². The van der Waals surface area contributed by atoms with E-state index < -0.39 is 27.5 Å². The average Bonchev–Trinajstić information content (AvgIpc) is 3.09. The second-order valence-corrected chi connectivity index (χ2v) is 8.02. The van der Waals surface area contributed by atoms with Gasteiger partial charge in [0.05, 0.1) is 10.6 Å². The number of sulfonamides is 1. The Morgan fingerprint density at radius 1 is 1.21 bits per heavy atom. The van der Waals surface area contributed by atoms with Crippen LogP contribution in [0.2, 0.25) is 5.02 Å². The third-order valence-corrected chi connectivity index (χ3v) is 5.68. The lowest BCUT2D eigenvalue weighted by atomic mass is 10.1. The van der Waals surface area contributed by atoms with Crippen molar-refractivity contribution in [2.75, 3.05) is 6.61 Å². The maximum atomic E-state index is 12.5. The summed E-state index contributed by atoms with van der Waals surface area (Å²) in [5.41, 5.74) is 2.29. The molecule has 0 radical (unpaired) electrons. The van der Waals surface area contributed by atoms with E-state index in [1.165, 1.54) is 12.1 Å². The molecular weight excluding hydrogens is 404 g/mol. The van der Waals surface area contributed by atoms with Crippen LogP contribution in [0.4, 0.5) is 0 Å². The number of Topliss-reactive ketones (excluding diaryl/α,β-unsaturated/α-hetero) is 1. The van der Waals surface area contributed by atoms with Gasteiger partial charge < -0.3 is 9.72 Å². The Labute approximate surface area is 166 Å². The molecule has 3 rings (SSSR count). The zero-order valence-corrected chi connectivity index (χ0v) is 16.4. The molecule has 146 valence electrons. The van der Waals surface area contributed by atoms with Crippen molar-refractivity contribution < 1.29 is 22.7 Å². The summed E-state index contributed by atoms with van der Waals surface area (Å²) in [6, 6.07) is 9.19. The Kier molecular flexibility index (Phi) is 5.55. The van der Waals surface area contributed by atoms with Crippen molar-refractivity contribution in [1.82, 2.24) is 4.98 Å². The smallest absolute Gasteiger partial charge is 0.338 e. The Balaban J connectivity index is 1.78. The fraction of sp³-hybridized carbons (Fsp3) is 0.158. The van der Waals surface area contributed by atoms with E-state index in [9.17, 15) is 18.0 Å². The van der Waals surface area contributed by atoms with E-state index in [2.05, 4.69) is 4.98 Å². The minimum absolute atomic E-state index is 0.0755. The van der Waals surface area contributed by atoms with Crippen molar-refractivity contribution in [3.63, 3.8) is 0 Å². The molecule has 0 spiro atoms. The number of carbonyl (C=O) groups is 2. The maximum Gasteiger partial charge on any atom is 0.338 e. The summed E-state index contributed by atoms with van der Waals surface area (Å²) in [6.45, 7) is 1.52. The molecule has 0 aliphatic carbocycles. The first-order valence-electron chi connectivity index (χ1n) is 8.34. The van der Waals surface area contributed by atoms with Crippen molar-refractivity contribution in [2.45, 2.75) is 18.2 Å². The summed E-state index contributed by atoms with van der Waals surface area (Å²) in [4.78, 5) is 27.4. The predicted octanol–water partition coefficient (Wildman–Crippen LogP) is 3.07. The summed E-state index contributed by atoms with van der Waals surface area (Å²) in [7, 11) is -4.10. The van der Waals surface area contributed by atoms with Gasteiger partial charge >= 0.3 is 5.97 Å². The first kappa shape index (κ1) is 20.1. The van der Waals surface area contributed by atoms with Gasteiger partial charge in [0, 0.05) is 22.7 Å². The van der Waals surface area contributed by atoms with Gasteiger partial charge in [-0.3, -0.25) is 4.79 Å². The van der Waals surface area contributed by atoms with Gasteiger partial charge in [-0.15, -0.1) is 0 Å². The third kappa shape index (κ3) is 3.94. The zero-order valence-electron chi connectivity index (χ0n) is 14.9. The first-order valence-corrected chi connectivity index (χ1v) is 10.3. The van der Waals surface area contributed by atoms with E-state index in [4.69, 9.17) is 21.5 Å². The van der Waals surface area contributed by atoms with Gasteiger partial charge in [-0.05, 0) is 30.2 Å². The highest BCUT2D eigenvalue weighted by Gasteiger charge is 2.19. The van der Waals surface area contributed by atoms with E-state index >= 15 is 0 Å². The number of aryl methyl sites for hydroxylation is 1. The van der Waals surface area contributed by atoms with E-state index in [0.717, 1.165) is 29.0 Å². The summed E-state index contributed by atoms with van der Waals surface area (Å²) < 4.78 is 28.1. The second kappa shape index (κ2) is 7.75. The molecular formula is C19H17ClN2O5S. The second-order valence-electron chi connectivity index (χ2n) is 6.09. The number of halogens is 1. The first-order chi connectivity index (χ1) is 13.2. The van der Waals surface area contributed by atoms with Gasteiger partial charge in [0.1, 0.15) is 4.90 Å². The molecule has 0 unspecified atom stereocenters. The zero-order chi connectivity index (χ0) is 20.5. The number of fused-ring (bicyclic) bond motifs is 1. The minimum atomic E-state index is -4.10. The number of para-hydroxylation sites is 1. The lowest BCUT2D eigenvalue weighted by Gasteiger charge is -2.07. The van der Waals surface area contributed by atoms with Crippen molar-refractivity contribution in [3.8, 4) is 0 Å². The Bertz CT molecular complexity index is 1180. The van der Waals surface area contributed by atoms with Gasteiger partial charge in [-0.25, -0.2) is 18.4 Å². The molecule has 2 aromatic carbocycles. The van der Waals surface area contributed by atoms with Crippen molar-refractivity contribution in [3.05, 3.63) is 64.3 Å². The number of ketones is 1. The van der Waals surface area contributed by atoms with Crippen LogP contribution < -0.4 is 5.14 Å². The summed E-state index contributed by atoms with van der Waals surface area (Å²) >= 11 is 5.79. The Morgan fingerprint density at radius 3 is 2.64 bits per heavy atom. The summed E-state index contributed by atoms with van der Waals surface area (Å²) in [5, 5.41) is 5.71. The number of ether oxygens (including phenoxy) is 1. The Hall–Kier alpha value is -2.68. The molecule has 3 N–H and O–H groups in total. The van der Waals surface area contributed by atoms with Crippen LogP contribution in [0, 0.1) is 0 Å². The normalized spacial score (nSPS) is 11.5. The highest BCUT2D eigenvalue weighted by Crippen LogP contribution is 2.24. The van der Waals surface area contributed by atoms with Crippen molar-refractivity contribution in [1.29, 1.82) is 0 Å². The van der Waals surface area contributed by atoms with Gasteiger partial charge in [0.25, 0.3) is 0 Å². The predicted molar refractivity (Wildman–Crippen MR) is 105 cm³/mol. The van der Waals surface area contributed by atoms with Crippen LogP contribution in [0.1, 0.15) is 33.2 Å². The number of aromatic amines is 1. The van der Waals surface area contributed by atoms with Gasteiger partial charge in [0.2, 0.25) is 15.8 Å². The fourth-order valence-electron chi connectivity index (χ4n) is 2.88. The highest BCUT2D eigenvalue weighted by molar-refractivity contribution is 7.89. The fourth-order valence-corrected chi connectivity index (χ4v) is 3.95. The summed E-state index contributed by atoms with van der Waals surface area (Å²) in [5.74, 6) is -1.24. The van der Waals surface area contributed by atoms with E-state index in [1.54, 1.807) is 6.20 Å². The standard InChI is InChI=1S/C19H17ClN2O5S/c1-2-11-4-3-5-13-14(9-22-18(11)13)16(23)10-27-19(24)12-6-7-15(20)17(8-12)28(21,25)26/h3-9,22H,2,10H2,1H3,(H2,21,25,26). The number of primary sulfonamides is 1. The van der Waals surface area contributed by atoms with Gasteiger partial charge in [-0.2, -0.15) is 0 Å². The number of carbonyl (C=O) groups excluding carboxylic acids is 2. The number of rotatable bonds is 6. The molecule has 0 aliphatic heterocycles. The molecule has 0 saturated heterocycles. The number of aromatic nitrogens is 1. The van der Waals surface area contributed by atoms with Gasteiger partial charge in [-0.1, -0.05) is 36.7 Å². The number of H-pyrrole nitrogens is 1. The largest absolute Gasteiger partial charge is 0.454 e. The molecule has 0 amide bonds. The third-order valence-electron chi connectivity index (χ3n) is 4.29. The molecule has 28 heavy (non-hydrogen) atoms. The van der Waals surface area contributed by atoms with E-state index in [-0.39, 0.29) is 16.4 Å².